The average molecular weight is 509 g/mol. The normalized spacial score (nSPS) is 22.3. The second kappa shape index (κ2) is 8.93. The van der Waals surface area contributed by atoms with Crippen molar-refractivity contribution in [3.63, 3.8) is 0 Å². The van der Waals surface area contributed by atoms with E-state index in [0.717, 1.165) is 31.3 Å². The number of rotatable bonds is 6. The Hall–Kier alpha value is -2.94. The van der Waals surface area contributed by atoms with Gasteiger partial charge in [-0.2, -0.15) is 0 Å². The molecule has 7 nitrogen and oxygen atoms in total. The minimum absolute atomic E-state index is 0.218. The van der Waals surface area contributed by atoms with Crippen LogP contribution in [0.2, 0.25) is 5.02 Å². The molecule has 1 aliphatic heterocycles. The van der Waals surface area contributed by atoms with Crippen molar-refractivity contribution < 1.29 is 13.2 Å². The van der Waals surface area contributed by atoms with Crippen LogP contribution in [0.25, 0.3) is 22.2 Å². The Kier molecular flexibility index (Phi) is 5.75. The summed E-state index contributed by atoms with van der Waals surface area (Å²) in [6, 6.07) is 16.0. The van der Waals surface area contributed by atoms with Crippen LogP contribution in [0.15, 0.2) is 71.9 Å². The van der Waals surface area contributed by atoms with Gasteiger partial charge in [0.25, 0.3) is 10.0 Å². The molecular weight excluding hydrogens is 484 g/mol. The summed E-state index contributed by atoms with van der Waals surface area (Å²) in [5.74, 6) is 1.07. The summed E-state index contributed by atoms with van der Waals surface area (Å²) in [5, 5.41) is 4.60. The predicted molar refractivity (Wildman–Crippen MR) is 136 cm³/mol. The van der Waals surface area contributed by atoms with E-state index in [-0.39, 0.29) is 10.9 Å². The molecular formula is C26H25ClN4O3S. The molecule has 6 rings (SSSR count). The Labute approximate surface area is 209 Å². The van der Waals surface area contributed by atoms with Crippen molar-refractivity contribution >= 4 is 38.5 Å². The molecule has 0 radical (unpaired) electrons. The molecule has 3 atom stereocenters. The molecule has 2 aromatic heterocycles. The first-order valence-electron chi connectivity index (χ1n) is 11.8. The van der Waals surface area contributed by atoms with Gasteiger partial charge >= 0.3 is 0 Å². The van der Waals surface area contributed by atoms with Gasteiger partial charge in [0.15, 0.2) is 0 Å². The summed E-state index contributed by atoms with van der Waals surface area (Å²) in [4.78, 5) is 9.38. The van der Waals surface area contributed by atoms with Gasteiger partial charge in [0.05, 0.1) is 40.0 Å². The minimum Gasteiger partial charge on any atom is -0.373 e. The lowest BCUT2D eigenvalue weighted by atomic mass is 9.84. The third kappa shape index (κ3) is 4.30. The summed E-state index contributed by atoms with van der Waals surface area (Å²) in [7, 11) is -3.80. The first kappa shape index (κ1) is 22.5. The molecule has 0 amide bonds. The molecule has 2 fully saturated rings. The van der Waals surface area contributed by atoms with Crippen LogP contribution in [0.5, 0.6) is 0 Å². The van der Waals surface area contributed by atoms with Crippen LogP contribution in [0.1, 0.15) is 25.7 Å². The number of para-hydroxylation sites is 1. The zero-order chi connectivity index (χ0) is 24.0. The number of benzene rings is 2. The highest BCUT2D eigenvalue weighted by Crippen LogP contribution is 2.37. The number of hydrogen-bond donors (Lipinski definition) is 1. The van der Waals surface area contributed by atoms with E-state index in [2.05, 4.69) is 10.3 Å². The molecule has 4 aromatic rings. The van der Waals surface area contributed by atoms with Crippen molar-refractivity contribution in [2.24, 2.45) is 5.92 Å². The van der Waals surface area contributed by atoms with Crippen LogP contribution < -0.4 is 5.32 Å². The van der Waals surface area contributed by atoms with Crippen molar-refractivity contribution in [1.82, 2.24) is 13.9 Å². The second-order valence-electron chi connectivity index (χ2n) is 9.20. The molecule has 2 aromatic carbocycles. The quantitative estimate of drug-likeness (QED) is 0.353. The van der Waals surface area contributed by atoms with Gasteiger partial charge in [-0.25, -0.2) is 22.4 Å². The predicted octanol–water partition coefficient (Wildman–Crippen LogP) is 5.36. The van der Waals surface area contributed by atoms with E-state index in [1.54, 1.807) is 48.8 Å². The topological polar surface area (TPSA) is 89.4 Å². The monoisotopic (exact) mass is 508 g/mol. The molecule has 1 saturated carbocycles. The van der Waals surface area contributed by atoms with Crippen LogP contribution in [-0.2, 0) is 14.8 Å². The van der Waals surface area contributed by atoms with Crippen molar-refractivity contribution in [2.75, 3.05) is 11.9 Å². The number of fused-ring (bicyclic) bond motifs is 1. The maximum absolute atomic E-state index is 13.5. The largest absolute Gasteiger partial charge is 0.373 e. The van der Waals surface area contributed by atoms with Gasteiger partial charge in [-0.3, -0.25) is 0 Å². The zero-order valence-electron chi connectivity index (χ0n) is 19.0. The van der Waals surface area contributed by atoms with Crippen LogP contribution in [0, 0.1) is 5.92 Å². The zero-order valence-corrected chi connectivity index (χ0v) is 20.5. The summed E-state index contributed by atoms with van der Waals surface area (Å²) in [5.41, 5.74) is 1.71. The Bertz CT molecular complexity index is 1490. The fraction of sp³-hybridized carbons (Fsp3) is 0.308. The highest BCUT2D eigenvalue weighted by atomic mass is 35.5. The third-order valence-corrected chi connectivity index (χ3v) is 8.87. The molecule has 180 valence electrons. The molecule has 35 heavy (non-hydrogen) atoms. The van der Waals surface area contributed by atoms with Gasteiger partial charge in [0.2, 0.25) is 5.95 Å². The van der Waals surface area contributed by atoms with E-state index in [4.69, 9.17) is 21.3 Å². The van der Waals surface area contributed by atoms with Gasteiger partial charge in [-0.15, -0.1) is 0 Å². The van der Waals surface area contributed by atoms with Crippen LogP contribution in [0.4, 0.5) is 5.95 Å². The Morgan fingerprint density at radius 2 is 1.83 bits per heavy atom. The Morgan fingerprint density at radius 3 is 2.63 bits per heavy atom. The van der Waals surface area contributed by atoms with Gasteiger partial charge in [-0.1, -0.05) is 54.4 Å². The lowest BCUT2D eigenvalue weighted by Gasteiger charge is -2.28. The summed E-state index contributed by atoms with van der Waals surface area (Å²) < 4.78 is 33.8. The van der Waals surface area contributed by atoms with E-state index in [9.17, 15) is 8.42 Å². The fourth-order valence-electron chi connectivity index (χ4n) is 5.08. The molecule has 3 unspecified atom stereocenters. The Balaban J connectivity index is 1.38. The number of epoxide rings is 1. The van der Waals surface area contributed by atoms with Crippen molar-refractivity contribution in [2.45, 2.75) is 42.7 Å². The summed E-state index contributed by atoms with van der Waals surface area (Å²) >= 11 is 6.56. The van der Waals surface area contributed by atoms with Crippen molar-refractivity contribution in [3.05, 3.63) is 72.0 Å². The maximum atomic E-state index is 13.5. The molecule has 3 heterocycles. The average Bonchev–Trinajstić information content (AvgIpc) is 3.66. The molecule has 1 N–H and O–H groups in total. The molecule has 9 heteroatoms. The van der Waals surface area contributed by atoms with Gasteiger partial charge < -0.3 is 10.1 Å². The first-order chi connectivity index (χ1) is 17.0. The van der Waals surface area contributed by atoms with Crippen molar-refractivity contribution in [3.8, 4) is 11.3 Å². The smallest absolute Gasteiger partial charge is 0.268 e. The second-order valence-corrected chi connectivity index (χ2v) is 11.4. The highest BCUT2D eigenvalue weighted by Gasteiger charge is 2.36. The highest BCUT2D eigenvalue weighted by molar-refractivity contribution is 7.90. The number of hydrogen-bond acceptors (Lipinski definition) is 6. The summed E-state index contributed by atoms with van der Waals surface area (Å²) in [6.45, 7) is 0.870. The molecule has 1 saturated heterocycles. The number of ether oxygens (including phenoxy) is 1. The lowest BCUT2D eigenvalue weighted by molar-refractivity contribution is 0.255. The van der Waals surface area contributed by atoms with Gasteiger partial charge in [0.1, 0.15) is 0 Å². The number of nitrogens with one attached hydrogen (secondary N) is 1. The maximum Gasteiger partial charge on any atom is 0.268 e. The molecule has 2 aliphatic rings. The van der Waals surface area contributed by atoms with Gasteiger partial charge in [0, 0.05) is 23.2 Å². The number of aromatic nitrogens is 3. The third-order valence-electron chi connectivity index (χ3n) is 6.91. The SMILES string of the molecule is O=S(=O)(c1ccccc1)n1cc(-c2nc(NC3CCCC(C4CO4)C3)ncc2Cl)c2ccccc21. The van der Waals surface area contributed by atoms with Crippen LogP contribution in [-0.4, -0.2) is 41.1 Å². The molecule has 0 spiro atoms. The van der Waals surface area contributed by atoms with Crippen LogP contribution in [0.3, 0.4) is 0 Å². The fourth-order valence-corrected chi connectivity index (χ4v) is 6.66. The van der Waals surface area contributed by atoms with E-state index in [1.807, 2.05) is 18.2 Å². The lowest BCUT2D eigenvalue weighted by Crippen LogP contribution is -2.30. The van der Waals surface area contributed by atoms with E-state index >= 15 is 0 Å². The molecule has 1 aliphatic carbocycles. The van der Waals surface area contributed by atoms with E-state index < -0.39 is 10.0 Å². The standard InChI is InChI=1S/C26H25ClN4O3S/c27-22-14-28-26(29-18-8-6-7-17(13-18)24-16-34-24)30-25(22)21-15-31(23-12-5-4-11-20(21)23)35(32,33)19-9-2-1-3-10-19/h1-5,9-12,14-15,17-18,24H,6-8,13,16H2,(H,28,29,30). The summed E-state index contributed by atoms with van der Waals surface area (Å²) in [6.07, 6.45) is 8.01. The minimum atomic E-state index is -3.80. The van der Waals surface area contributed by atoms with Crippen molar-refractivity contribution in [1.29, 1.82) is 0 Å². The van der Waals surface area contributed by atoms with Crippen LogP contribution >= 0.6 is 11.6 Å². The van der Waals surface area contributed by atoms with E-state index in [1.165, 1.54) is 10.4 Å². The number of halogens is 1. The van der Waals surface area contributed by atoms with Gasteiger partial charge in [-0.05, 0) is 43.4 Å². The first-order valence-corrected chi connectivity index (χ1v) is 13.6. The molecule has 0 bridgehead atoms. The Morgan fingerprint density at radius 1 is 1.06 bits per heavy atom. The number of nitrogens with zero attached hydrogens (tertiary/aromatic N) is 3. The number of anilines is 1. The van der Waals surface area contributed by atoms with E-state index in [0.29, 0.717) is 39.8 Å².